The highest BCUT2D eigenvalue weighted by Gasteiger charge is 2.26. The molecule has 1 aliphatic heterocycles. The molecule has 2 fully saturated rings. The van der Waals surface area contributed by atoms with E-state index in [2.05, 4.69) is 26.7 Å². The van der Waals surface area contributed by atoms with Crippen molar-refractivity contribution in [2.75, 3.05) is 44.7 Å². The molecule has 13 heteroatoms. The lowest BCUT2D eigenvalue weighted by Gasteiger charge is -2.25. The Morgan fingerprint density at radius 1 is 1.10 bits per heavy atom. The molecule has 1 amide bonds. The fourth-order valence-corrected chi connectivity index (χ4v) is 6.37. The number of aliphatic hydroxyl groups is 3. The van der Waals surface area contributed by atoms with Crippen molar-refractivity contribution in [3.05, 3.63) is 30.5 Å². The van der Waals surface area contributed by atoms with E-state index in [1.165, 1.54) is 0 Å². The number of hydrogen-bond acceptors (Lipinski definition) is 8. The van der Waals surface area contributed by atoms with E-state index in [-0.39, 0.29) is 35.9 Å². The molecule has 1 aromatic carbocycles. The van der Waals surface area contributed by atoms with E-state index in [1.54, 1.807) is 35.4 Å². The molecular weight excluding hydrogens is 546 g/mol. The van der Waals surface area contributed by atoms with Gasteiger partial charge in [-0.1, -0.05) is 25.5 Å². The number of fused-ring (bicyclic) bond motifs is 1. The van der Waals surface area contributed by atoms with Crippen LogP contribution >= 0.6 is 0 Å². The number of unbranched alkanes of at least 4 members (excludes halogenated alkanes) is 1. The molecular formula is C28H40N7O5S+. The molecule has 0 radical (unpaired) electrons. The number of anilines is 1. The Morgan fingerprint density at radius 2 is 1.83 bits per heavy atom. The average molecular weight is 587 g/mol. The fraction of sp³-hybridized carbons (Fsp3) is 0.571. The Bertz CT molecular complexity index is 1430. The van der Waals surface area contributed by atoms with Crippen LogP contribution in [0.15, 0.2) is 35.4 Å². The van der Waals surface area contributed by atoms with E-state index in [1.807, 2.05) is 4.68 Å². The lowest BCUT2D eigenvalue weighted by atomic mass is 9.93. The summed E-state index contributed by atoms with van der Waals surface area (Å²) < 4.78 is 34.6. The van der Waals surface area contributed by atoms with Gasteiger partial charge in [-0.3, -0.25) is 4.79 Å². The monoisotopic (exact) mass is 586 g/mol. The van der Waals surface area contributed by atoms with Gasteiger partial charge in [-0.05, 0) is 44.2 Å². The SMILES string of the molecule is CCCCNc1ncc2c(-c3ccc(S(=O)(=O)NCCC(=O)N4CC[OH+]CC4)cc3)nn(C3CCC(O)CC3)c2n1. The van der Waals surface area contributed by atoms with Crippen LogP contribution in [0.4, 0.5) is 5.95 Å². The lowest BCUT2D eigenvalue weighted by Crippen LogP contribution is -2.43. The molecule has 222 valence electrons. The number of carbonyl (C=O) groups excluding carboxylic acids is 1. The number of amides is 1. The number of nitrogens with zero attached hydrogens (tertiary/aromatic N) is 5. The van der Waals surface area contributed by atoms with Crippen LogP contribution in [0.2, 0.25) is 0 Å². The Labute approximate surface area is 240 Å². The van der Waals surface area contributed by atoms with Crippen LogP contribution in [0.3, 0.4) is 0 Å². The largest absolute Gasteiger partial charge is 0.431 e. The van der Waals surface area contributed by atoms with Crippen molar-refractivity contribution in [3.63, 3.8) is 0 Å². The number of nitrogens with one attached hydrogen (secondary N) is 2. The van der Waals surface area contributed by atoms with Crippen LogP contribution in [0, 0.1) is 0 Å². The van der Waals surface area contributed by atoms with Crippen LogP contribution in [0.1, 0.15) is 57.9 Å². The van der Waals surface area contributed by atoms with E-state index in [9.17, 15) is 18.3 Å². The molecule has 2 aromatic heterocycles. The summed E-state index contributed by atoms with van der Waals surface area (Å²) in [6.45, 7) is 5.38. The zero-order chi connectivity index (χ0) is 28.8. The first-order valence-electron chi connectivity index (χ1n) is 14.5. The third-order valence-corrected chi connectivity index (χ3v) is 9.23. The number of hydrogen-bond donors (Lipinski definition) is 3. The van der Waals surface area contributed by atoms with Gasteiger partial charge in [0.05, 0.1) is 35.5 Å². The smallest absolute Gasteiger partial charge is 0.240 e. The third kappa shape index (κ3) is 7.03. The quantitative estimate of drug-likeness (QED) is 0.228. The molecule has 1 saturated heterocycles. The number of sulfonamides is 1. The summed E-state index contributed by atoms with van der Waals surface area (Å²) in [7, 11) is -3.78. The molecule has 0 atom stereocenters. The van der Waals surface area contributed by atoms with Crippen molar-refractivity contribution >= 4 is 32.9 Å². The summed E-state index contributed by atoms with van der Waals surface area (Å²) >= 11 is 0. The summed E-state index contributed by atoms with van der Waals surface area (Å²) in [4.78, 5) is 23.5. The highest BCUT2D eigenvalue weighted by molar-refractivity contribution is 7.89. The number of carbonyl (C=O) groups is 1. The van der Waals surface area contributed by atoms with Gasteiger partial charge in [0.1, 0.15) is 5.69 Å². The molecule has 1 saturated carbocycles. The van der Waals surface area contributed by atoms with Gasteiger partial charge in [-0.15, -0.1) is 0 Å². The summed E-state index contributed by atoms with van der Waals surface area (Å²) in [5.74, 6) is 0.481. The standard InChI is InChI=1S/C28H39N7O5S/c1-2-3-13-29-28-30-19-24-26(33-35(27(24)32-28)21-6-8-22(36)9-7-21)20-4-10-23(11-5-20)41(38,39)31-14-12-25(37)34-15-17-40-18-16-34/h4-5,10-11,19,21-22,31,36H,2-3,6-9,12-18H2,1H3,(H,29,30,32)/p+1. The Morgan fingerprint density at radius 3 is 2.54 bits per heavy atom. The minimum atomic E-state index is -3.78. The molecule has 5 rings (SSSR count). The molecule has 1 aliphatic carbocycles. The van der Waals surface area contributed by atoms with E-state index in [0.29, 0.717) is 50.8 Å². The molecule has 0 unspecified atom stereocenters. The third-order valence-electron chi connectivity index (χ3n) is 7.75. The number of aromatic nitrogens is 4. The van der Waals surface area contributed by atoms with E-state index in [0.717, 1.165) is 48.8 Å². The summed E-state index contributed by atoms with van der Waals surface area (Å²) in [5, 5.41) is 19.0. The minimum Gasteiger partial charge on any atom is -0.431 e. The second-order valence-electron chi connectivity index (χ2n) is 10.7. The van der Waals surface area contributed by atoms with Gasteiger partial charge in [0, 0.05) is 31.3 Å². The Balaban J connectivity index is 1.34. The van der Waals surface area contributed by atoms with E-state index >= 15 is 0 Å². The van der Waals surface area contributed by atoms with Gasteiger partial charge in [0.25, 0.3) is 0 Å². The number of morpholine rings is 1. The van der Waals surface area contributed by atoms with Crippen molar-refractivity contribution in [2.45, 2.75) is 68.9 Å². The maximum absolute atomic E-state index is 12.9. The molecule has 2 aliphatic rings. The predicted molar refractivity (Wildman–Crippen MR) is 156 cm³/mol. The van der Waals surface area contributed by atoms with Gasteiger partial charge in [0.15, 0.2) is 18.9 Å². The van der Waals surface area contributed by atoms with Crippen LogP contribution < -0.4 is 10.0 Å². The van der Waals surface area contributed by atoms with Crippen LogP contribution in [-0.2, 0) is 14.8 Å². The van der Waals surface area contributed by atoms with Crippen LogP contribution in [-0.4, -0.2) is 94.3 Å². The first-order valence-corrected chi connectivity index (χ1v) is 16.0. The normalized spacial score (nSPS) is 19.9. The highest BCUT2D eigenvalue weighted by atomic mass is 32.2. The molecule has 12 nitrogen and oxygen atoms in total. The van der Waals surface area contributed by atoms with Gasteiger partial charge in [0.2, 0.25) is 21.9 Å². The van der Waals surface area contributed by atoms with Gasteiger partial charge in [-0.2, -0.15) is 10.1 Å². The topological polar surface area (TPSA) is 155 Å². The number of rotatable bonds is 11. The molecule has 4 N–H and O–H groups in total. The first-order chi connectivity index (χ1) is 19.9. The van der Waals surface area contributed by atoms with E-state index in [4.69, 9.17) is 10.1 Å². The highest BCUT2D eigenvalue weighted by Crippen LogP contribution is 2.34. The molecule has 0 spiro atoms. The van der Waals surface area contributed by atoms with Crippen molar-refractivity contribution in [2.24, 2.45) is 0 Å². The fourth-order valence-electron chi connectivity index (χ4n) is 5.34. The number of ether oxygens (including phenoxy) is 1. The van der Waals surface area contributed by atoms with Crippen LogP contribution in [0.5, 0.6) is 0 Å². The summed E-state index contributed by atoms with van der Waals surface area (Å²) in [5.41, 5.74) is 2.16. The molecule has 3 aromatic rings. The van der Waals surface area contributed by atoms with E-state index < -0.39 is 10.0 Å². The van der Waals surface area contributed by atoms with Gasteiger partial charge in [-0.25, -0.2) is 22.8 Å². The van der Waals surface area contributed by atoms with Crippen molar-refractivity contribution in [1.29, 1.82) is 0 Å². The number of aliphatic hydroxyl groups excluding tert-OH is 1. The van der Waals surface area contributed by atoms with Crippen molar-refractivity contribution in [3.8, 4) is 11.3 Å². The summed E-state index contributed by atoms with van der Waals surface area (Å²) in [6, 6.07) is 6.69. The average Bonchev–Trinajstić information content (AvgIpc) is 3.37. The van der Waals surface area contributed by atoms with Gasteiger partial charge < -0.3 is 20.1 Å². The Kier molecular flexibility index (Phi) is 9.48. The summed E-state index contributed by atoms with van der Waals surface area (Å²) in [6.07, 6.45) is 6.71. The molecule has 3 heterocycles. The first kappa shape index (κ1) is 29.4. The van der Waals surface area contributed by atoms with Crippen molar-refractivity contribution < 1.29 is 23.1 Å². The molecule has 0 bridgehead atoms. The molecule has 41 heavy (non-hydrogen) atoms. The second-order valence-corrected chi connectivity index (χ2v) is 12.5. The second kappa shape index (κ2) is 13.2. The zero-order valence-corrected chi connectivity index (χ0v) is 24.3. The van der Waals surface area contributed by atoms with Crippen molar-refractivity contribution in [1.82, 2.24) is 29.4 Å². The lowest BCUT2D eigenvalue weighted by molar-refractivity contribution is -0.144. The predicted octanol–water partition coefficient (Wildman–Crippen LogP) is 2.22. The minimum absolute atomic E-state index is 0.0354. The van der Waals surface area contributed by atoms with Crippen LogP contribution in [0.25, 0.3) is 22.3 Å². The Hall–Kier alpha value is -3.13. The zero-order valence-electron chi connectivity index (χ0n) is 23.5. The maximum atomic E-state index is 12.9. The number of benzene rings is 1. The van der Waals surface area contributed by atoms with Gasteiger partial charge >= 0.3 is 0 Å². The maximum Gasteiger partial charge on any atom is 0.240 e.